The van der Waals surface area contributed by atoms with Crippen LogP contribution >= 0.6 is 11.6 Å². The van der Waals surface area contributed by atoms with Crippen LogP contribution in [0.5, 0.6) is 0 Å². The van der Waals surface area contributed by atoms with Crippen molar-refractivity contribution in [2.45, 2.75) is 44.8 Å². The maximum absolute atomic E-state index is 12.6. The zero-order valence-corrected chi connectivity index (χ0v) is 13.9. The molecule has 2 unspecified atom stereocenters. The summed E-state index contributed by atoms with van der Waals surface area (Å²) in [5.74, 6) is 0.0244. The van der Waals surface area contributed by atoms with E-state index in [-0.39, 0.29) is 17.4 Å². The number of hydrogen-bond donors (Lipinski definition) is 2. The molecule has 1 saturated carbocycles. The first-order valence-corrected chi connectivity index (χ1v) is 8.10. The third kappa shape index (κ3) is 3.80. The first-order chi connectivity index (χ1) is 10.5. The van der Waals surface area contributed by atoms with Crippen molar-refractivity contribution in [2.75, 3.05) is 13.7 Å². The van der Waals surface area contributed by atoms with Crippen LogP contribution in [0.25, 0.3) is 0 Å². The molecule has 0 saturated heterocycles. The Balaban J connectivity index is 1.96. The summed E-state index contributed by atoms with van der Waals surface area (Å²) in [5.41, 5.74) is 0.432. The van der Waals surface area contributed by atoms with Crippen molar-refractivity contribution >= 4 is 17.5 Å². The fraction of sp³-hybridized carbons (Fsp3) is 0.588. The van der Waals surface area contributed by atoms with E-state index < -0.39 is 6.10 Å². The molecular formula is C17H24ClNO3. The van der Waals surface area contributed by atoms with Crippen LogP contribution in [0.2, 0.25) is 5.02 Å². The minimum absolute atomic E-state index is 0.0244. The number of carbonyl (C=O) groups excluding carboxylic acids is 1. The first kappa shape index (κ1) is 17.3. The molecule has 1 amide bonds. The molecule has 5 heteroatoms. The molecular weight excluding hydrogens is 302 g/mol. The van der Waals surface area contributed by atoms with Crippen molar-refractivity contribution in [1.82, 2.24) is 5.32 Å². The summed E-state index contributed by atoms with van der Waals surface area (Å²) >= 11 is 5.85. The lowest BCUT2D eigenvalue weighted by molar-refractivity contribution is -0.139. The summed E-state index contributed by atoms with van der Waals surface area (Å²) in [4.78, 5) is 12.6. The standard InChI is InChI=1S/C17H24ClNO3/c1-12(15(20)13-4-6-14(18)7-5-13)19-16(21)17(8-3-9-17)10-11-22-2/h4-7,12,15,20H,3,8-11H2,1-2H3,(H,19,21). The maximum Gasteiger partial charge on any atom is 0.226 e. The molecule has 122 valence electrons. The lowest BCUT2D eigenvalue weighted by atomic mass is 9.66. The molecule has 0 heterocycles. The topological polar surface area (TPSA) is 58.6 Å². The fourth-order valence-electron chi connectivity index (χ4n) is 2.88. The van der Waals surface area contributed by atoms with Crippen LogP contribution in [0.15, 0.2) is 24.3 Å². The normalized spacial score (nSPS) is 19.1. The van der Waals surface area contributed by atoms with Gasteiger partial charge in [0, 0.05) is 18.7 Å². The van der Waals surface area contributed by atoms with Crippen LogP contribution in [0.4, 0.5) is 0 Å². The van der Waals surface area contributed by atoms with Gasteiger partial charge in [0.25, 0.3) is 0 Å². The van der Waals surface area contributed by atoms with Crippen molar-refractivity contribution in [3.63, 3.8) is 0 Å². The molecule has 2 atom stereocenters. The van der Waals surface area contributed by atoms with Crippen molar-refractivity contribution in [1.29, 1.82) is 0 Å². The Labute approximate surface area is 136 Å². The molecule has 0 aliphatic heterocycles. The number of amides is 1. The van der Waals surface area contributed by atoms with Gasteiger partial charge in [-0.3, -0.25) is 4.79 Å². The molecule has 0 aromatic heterocycles. The number of aliphatic hydroxyl groups excluding tert-OH is 1. The fourth-order valence-corrected chi connectivity index (χ4v) is 3.01. The molecule has 1 aliphatic carbocycles. The van der Waals surface area contributed by atoms with E-state index in [1.54, 1.807) is 31.4 Å². The van der Waals surface area contributed by atoms with Gasteiger partial charge < -0.3 is 15.2 Å². The third-order valence-electron chi connectivity index (χ3n) is 4.62. The number of carbonyl (C=O) groups is 1. The zero-order valence-electron chi connectivity index (χ0n) is 13.1. The number of hydrogen-bond acceptors (Lipinski definition) is 3. The van der Waals surface area contributed by atoms with Gasteiger partial charge in [-0.1, -0.05) is 30.2 Å². The SMILES string of the molecule is COCCC1(C(=O)NC(C)C(O)c2ccc(Cl)cc2)CCC1. The molecule has 0 spiro atoms. The van der Waals surface area contributed by atoms with Crippen LogP contribution in [-0.4, -0.2) is 30.8 Å². The van der Waals surface area contributed by atoms with Gasteiger partial charge in [0.2, 0.25) is 5.91 Å². The summed E-state index contributed by atoms with van der Waals surface area (Å²) in [6, 6.07) is 6.68. The van der Waals surface area contributed by atoms with E-state index in [1.807, 2.05) is 6.92 Å². The number of nitrogens with one attached hydrogen (secondary N) is 1. The third-order valence-corrected chi connectivity index (χ3v) is 4.87. The van der Waals surface area contributed by atoms with Gasteiger partial charge in [-0.2, -0.15) is 0 Å². The molecule has 1 aromatic rings. The summed E-state index contributed by atoms with van der Waals surface area (Å²) in [5, 5.41) is 14.0. The monoisotopic (exact) mass is 325 g/mol. The molecule has 0 bridgehead atoms. The minimum Gasteiger partial charge on any atom is -0.386 e. The molecule has 2 N–H and O–H groups in total. The second-order valence-corrected chi connectivity index (χ2v) is 6.57. The smallest absolute Gasteiger partial charge is 0.226 e. The lowest BCUT2D eigenvalue weighted by Crippen LogP contribution is -2.50. The lowest BCUT2D eigenvalue weighted by Gasteiger charge is -2.41. The second-order valence-electron chi connectivity index (χ2n) is 6.14. The van der Waals surface area contributed by atoms with E-state index in [0.29, 0.717) is 11.6 Å². The Morgan fingerprint density at radius 1 is 1.41 bits per heavy atom. The summed E-state index contributed by atoms with van der Waals surface area (Å²) in [6.07, 6.45) is 2.85. The highest BCUT2D eigenvalue weighted by Gasteiger charge is 2.44. The van der Waals surface area contributed by atoms with Gasteiger partial charge >= 0.3 is 0 Å². The van der Waals surface area contributed by atoms with Crippen LogP contribution < -0.4 is 5.32 Å². The van der Waals surface area contributed by atoms with E-state index in [2.05, 4.69) is 5.32 Å². The molecule has 0 radical (unpaired) electrons. The van der Waals surface area contributed by atoms with Crippen molar-refractivity contribution < 1.29 is 14.6 Å². The highest BCUT2D eigenvalue weighted by Crippen LogP contribution is 2.44. The van der Waals surface area contributed by atoms with E-state index in [1.165, 1.54) is 0 Å². The van der Waals surface area contributed by atoms with Crippen molar-refractivity contribution in [3.05, 3.63) is 34.9 Å². The van der Waals surface area contributed by atoms with Gasteiger partial charge in [-0.25, -0.2) is 0 Å². The van der Waals surface area contributed by atoms with Crippen LogP contribution in [-0.2, 0) is 9.53 Å². The highest BCUT2D eigenvalue weighted by atomic mass is 35.5. The van der Waals surface area contributed by atoms with E-state index in [0.717, 1.165) is 31.2 Å². The molecule has 1 aliphatic rings. The van der Waals surface area contributed by atoms with Gasteiger partial charge in [0.05, 0.1) is 17.6 Å². The Morgan fingerprint density at radius 3 is 2.55 bits per heavy atom. The molecule has 2 rings (SSSR count). The van der Waals surface area contributed by atoms with Crippen molar-refractivity contribution in [2.24, 2.45) is 5.41 Å². The number of methoxy groups -OCH3 is 1. The second kappa shape index (κ2) is 7.44. The number of ether oxygens (including phenoxy) is 1. The quantitative estimate of drug-likeness (QED) is 0.810. The Bertz CT molecular complexity index is 499. The number of halogens is 1. The van der Waals surface area contributed by atoms with Gasteiger partial charge in [-0.15, -0.1) is 0 Å². The predicted molar refractivity (Wildman–Crippen MR) is 86.8 cm³/mol. The number of benzene rings is 1. The van der Waals surface area contributed by atoms with E-state index >= 15 is 0 Å². The van der Waals surface area contributed by atoms with Crippen LogP contribution in [0.1, 0.15) is 44.3 Å². The van der Waals surface area contributed by atoms with Gasteiger partial charge in [0.1, 0.15) is 0 Å². The number of rotatable bonds is 7. The minimum atomic E-state index is -0.749. The summed E-state index contributed by atoms with van der Waals surface area (Å²) < 4.78 is 5.11. The molecule has 4 nitrogen and oxygen atoms in total. The Hall–Kier alpha value is -1.10. The van der Waals surface area contributed by atoms with E-state index in [4.69, 9.17) is 16.3 Å². The molecule has 1 fully saturated rings. The largest absolute Gasteiger partial charge is 0.386 e. The van der Waals surface area contributed by atoms with Crippen molar-refractivity contribution in [3.8, 4) is 0 Å². The van der Waals surface area contributed by atoms with Crippen LogP contribution in [0, 0.1) is 5.41 Å². The first-order valence-electron chi connectivity index (χ1n) is 7.72. The Kier molecular flexibility index (Phi) is 5.84. The average molecular weight is 326 g/mol. The van der Waals surface area contributed by atoms with Gasteiger partial charge in [-0.05, 0) is 43.9 Å². The summed E-state index contributed by atoms with van der Waals surface area (Å²) in [6.45, 7) is 2.40. The van der Waals surface area contributed by atoms with Crippen LogP contribution in [0.3, 0.4) is 0 Å². The maximum atomic E-state index is 12.6. The van der Waals surface area contributed by atoms with E-state index in [9.17, 15) is 9.90 Å². The molecule has 1 aromatic carbocycles. The zero-order chi connectivity index (χ0) is 16.2. The molecule has 22 heavy (non-hydrogen) atoms. The predicted octanol–water partition coefficient (Wildman–Crippen LogP) is 3.08. The Morgan fingerprint density at radius 2 is 2.05 bits per heavy atom. The number of aliphatic hydroxyl groups is 1. The average Bonchev–Trinajstić information content (AvgIpc) is 2.46. The highest BCUT2D eigenvalue weighted by molar-refractivity contribution is 6.30. The van der Waals surface area contributed by atoms with Gasteiger partial charge in [0.15, 0.2) is 0 Å². The summed E-state index contributed by atoms with van der Waals surface area (Å²) in [7, 11) is 1.65.